The minimum atomic E-state index is -0.423. The zero-order valence-corrected chi connectivity index (χ0v) is 12.2. The second-order valence-electron chi connectivity index (χ2n) is 5.17. The molecule has 2 aromatic carbocycles. The molecule has 0 radical (unpaired) electrons. The molecule has 22 heavy (non-hydrogen) atoms. The molecule has 1 aliphatic carbocycles. The minimum absolute atomic E-state index is 0.0240. The van der Waals surface area contributed by atoms with Gasteiger partial charge in [-0.3, -0.25) is 4.79 Å². The van der Waals surface area contributed by atoms with E-state index < -0.39 is 5.91 Å². The molecule has 0 aromatic heterocycles. The molecular weight excluding hydrogens is 276 g/mol. The Hall–Kier alpha value is -2.88. The number of allylic oxidation sites excluding steroid dienone is 4. The Morgan fingerprint density at radius 1 is 1.14 bits per heavy atom. The Kier molecular flexibility index (Phi) is 3.74. The molecule has 0 saturated heterocycles. The summed E-state index contributed by atoms with van der Waals surface area (Å²) < 4.78 is 0. The summed E-state index contributed by atoms with van der Waals surface area (Å²) in [5.74, 6) is -0.330. The number of hydrazone groups is 1. The van der Waals surface area contributed by atoms with E-state index in [0.29, 0.717) is 5.39 Å². The second kappa shape index (κ2) is 5.85. The average molecular weight is 292 g/mol. The molecule has 0 heterocycles. The third-order valence-electron chi connectivity index (χ3n) is 3.71. The van der Waals surface area contributed by atoms with Crippen LogP contribution in [-0.2, 0) is 0 Å². The van der Waals surface area contributed by atoms with Crippen molar-refractivity contribution in [2.24, 2.45) is 11.0 Å². The zero-order valence-electron chi connectivity index (χ0n) is 12.2. The maximum absolute atomic E-state index is 12.2. The monoisotopic (exact) mass is 292 g/mol. The van der Waals surface area contributed by atoms with Gasteiger partial charge in [0.1, 0.15) is 5.75 Å². The summed E-state index contributed by atoms with van der Waals surface area (Å²) in [7, 11) is 0. The van der Waals surface area contributed by atoms with Crippen molar-refractivity contribution in [1.29, 1.82) is 0 Å². The van der Waals surface area contributed by atoms with Crippen molar-refractivity contribution < 1.29 is 9.90 Å². The van der Waals surface area contributed by atoms with Crippen LogP contribution < -0.4 is 5.43 Å². The lowest BCUT2D eigenvalue weighted by molar-refractivity contribution is 0.0952. The van der Waals surface area contributed by atoms with E-state index in [4.69, 9.17) is 0 Å². The van der Waals surface area contributed by atoms with Crippen LogP contribution in [0.25, 0.3) is 10.8 Å². The van der Waals surface area contributed by atoms with Crippen molar-refractivity contribution in [1.82, 2.24) is 5.43 Å². The summed E-state index contributed by atoms with van der Waals surface area (Å²) in [5, 5.41) is 15.9. The van der Waals surface area contributed by atoms with Gasteiger partial charge in [0, 0.05) is 17.0 Å². The first-order chi connectivity index (χ1) is 10.7. The highest BCUT2D eigenvalue weighted by atomic mass is 16.3. The van der Waals surface area contributed by atoms with E-state index in [1.165, 1.54) is 0 Å². The maximum Gasteiger partial charge on any atom is 0.275 e. The summed E-state index contributed by atoms with van der Waals surface area (Å²) in [4.78, 5) is 12.2. The number of fused-ring (bicyclic) bond motifs is 1. The highest BCUT2D eigenvalue weighted by molar-refractivity contribution is 6.04. The van der Waals surface area contributed by atoms with Crippen LogP contribution in [0.1, 0.15) is 17.3 Å². The Bertz CT molecular complexity index is 807. The van der Waals surface area contributed by atoms with Crippen molar-refractivity contribution in [3.63, 3.8) is 0 Å². The van der Waals surface area contributed by atoms with Gasteiger partial charge < -0.3 is 5.11 Å². The molecule has 2 aromatic rings. The molecule has 2 N–H and O–H groups in total. The molecule has 4 nitrogen and oxygen atoms in total. The first-order valence-electron chi connectivity index (χ1n) is 7.07. The number of nitrogens with one attached hydrogen (secondary N) is 1. The average Bonchev–Trinajstić information content (AvgIpc) is 3.07. The summed E-state index contributed by atoms with van der Waals surface area (Å²) in [6, 6.07) is 10.8. The first kappa shape index (κ1) is 14.1. The molecule has 4 heteroatoms. The van der Waals surface area contributed by atoms with E-state index in [1.54, 1.807) is 12.1 Å². The van der Waals surface area contributed by atoms with Gasteiger partial charge in [-0.25, -0.2) is 5.43 Å². The Labute approximate surface area is 128 Å². The number of amides is 1. The van der Waals surface area contributed by atoms with Crippen LogP contribution in [-0.4, -0.2) is 16.7 Å². The SMILES string of the molecule is C/C(=N\NC(=O)c1ccc2ccccc2c1O)C1C=CC=C1. The smallest absolute Gasteiger partial charge is 0.275 e. The molecule has 0 spiro atoms. The summed E-state index contributed by atoms with van der Waals surface area (Å²) in [6.45, 7) is 1.85. The van der Waals surface area contributed by atoms with E-state index in [1.807, 2.05) is 55.5 Å². The fraction of sp³-hybridized carbons (Fsp3) is 0.111. The van der Waals surface area contributed by atoms with E-state index in [2.05, 4.69) is 10.5 Å². The highest BCUT2D eigenvalue weighted by Crippen LogP contribution is 2.28. The largest absolute Gasteiger partial charge is 0.506 e. The number of aromatic hydroxyl groups is 1. The van der Waals surface area contributed by atoms with E-state index in [0.717, 1.165) is 11.1 Å². The molecule has 0 fully saturated rings. The van der Waals surface area contributed by atoms with Gasteiger partial charge in [-0.15, -0.1) is 0 Å². The van der Waals surface area contributed by atoms with Gasteiger partial charge in [0.15, 0.2) is 0 Å². The molecule has 0 aliphatic heterocycles. The molecular formula is C18H16N2O2. The lowest BCUT2D eigenvalue weighted by atomic mass is 10.1. The van der Waals surface area contributed by atoms with Crippen LogP contribution in [0.15, 0.2) is 65.8 Å². The van der Waals surface area contributed by atoms with Crippen molar-refractivity contribution >= 4 is 22.4 Å². The Balaban J connectivity index is 1.83. The second-order valence-corrected chi connectivity index (χ2v) is 5.17. The topological polar surface area (TPSA) is 61.7 Å². The Morgan fingerprint density at radius 2 is 1.86 bits per heavy atom. The highest BCUT2D eigenvalue weighted by Gasteiger charge is 2.14. The minimum Gasteiger partial charge on any atom is -0.506 e. The van der Waals surface area contributed by atoms with Crippen molar-refractivity contribution in [2.45, 2.75) is 6.92 Å². The number of carbonyl (C=O) groups is 1. The van der Waals surface area contributed by atoms with Crippen LogP contribution in [0.5, 0.6) is 5.75 Å². The lowest BCUT2D eigenvalue weighted by Gasteiger charge is -2.08. The van der Waals surface area contributed by atoms with Gasteiger partial charge in [0.05, 0.1) is 5.56 Å². The molecule has 1 amide bonds. The number of hydrogen-bond donors (Lipinski definition) is 2. The van der Waals surface area contributed by atoms with E-state index >= 15 is 0 Å². The fourth-order valence-corrected chi connectivity index (χ4v) is 2.42. The molecule has 0 saturated carbocycles. The van der Waals surface area contributed by atoms with E-state index in [-0.39, 0.29) is 17.2 Å². The van der Waals surface area contributed by atoms with Gasteiger partial charge in [0.2, 0.25) is 0 Å². The fourth-order valence-electron chi connectivity index (χ4n) is 2.42. The summed E-state index contributed by atoms with van der Waals surface area (Å²) in [6.07, 6.45) is 7.89. The van der Waals surface area contributed by atoms with Gasteiger partial charge in [-0.2, -0.15) is 5.10 Å². The normalized spacial score (nSPS) is 14.7. The van der Waals surface area contributed by atoms with Gasteiger partial charge >= 0.3 is 0 Å². The summed E-state index contributed by atoms with van der Waals surface area (Å²) in [5.41, 5.74) is 3.51. The predicted octanol–water partition coefficient (Wildman–Crippen LogP) is 3.39. The van der Waals surface area contributed by atoms with Gasteiger partial charge in [-0.05, 0) is 18.4 Å². The predicted molar refractivity (Wildman–Crippen MR) is 88.0 cm³/mol. The molecule has 110 valence electrons. The quantitative estimate of drug-likeness (QED) is 0.673. The number of benzene rings is 2. The first-order valence-corrected chi connectivity index (χ1v) is 7.07. The van der Waals surface area contributed by atoms with Crippen molar-refractivity contribution in [3.8, 4) is 5.75 Å². The summed E-state index contributed by atoms with van der Waals surface area (Å²) >= 11 is 0. The van der Waals surface area contributed by atoms with Crippen LogP contribution in [0.4, 0.5) is 0 Å². The molecule has 0 unspecified atom stereocenters. The van der Waals surface area contributed by atoms with E-state index in [9.17, 15) is 9.90 Å². The number of carbonyl (C=O) groups excluding carboxylic acids is 1. The van der Waals surface area contributed by atoms with Crippen molar-refractivity contribution in [2.75, 3.05) is 0 Å². The number of hydrogen-bond acceptors (Lipinski definition) is 3. The zero-order chi connectivity index (χ0) is 15.5. The third-order valence-corrected chi connectivity index (χ3v) is 3.71. The van der Waals surface area contributed by atoms with Crippen LogP contribution in [0, 0.1) is 5.92 Å². The molecule has 0 bridgehead atoms. The Morgan fingerprint density at radius 3 is 2.64 bits per heavy atom. The number of nitrogens with zero attached hydrogens (tertiary/aromatic N) is 1. The standard InChI is InChI=1S/C18H16N2O2/c1-12(13-6-2-3-7-13)19-20-18(22)16-11-10-14-8-4-5-9-15(14)17(16)21/h2-11,13,21H,1H3,(H,20,22)/b19-12+. The number of rotatable bonds is 3. The van der Waals surface area contributed by atoms with Crippen molar-refractivity contribution in [3.05, 3.63) is 66.3 Å². The molecule has 1 aliphatic rings. The number of phenols is 1. The third kappa shape index (κ3) is 2.63. The molecule has 3 rings (SSSR count). The van der Waals surface area contributed by atoms with Crippen LogP contribution >= 0.6 is 0 Å². The lowest BCUT2D eigenvalue weighted by Crippen LogP contribution is -2.20. The maximum atomic E-state index is 12.2. The van der Waals surface area contributed by atoms with Crippen LogP contribution in [0.3, 0.4) is 0 Å². The van der Waals surface area contributed by atoms with Gasteiger partial charge in [-0.1, -0.05) is 54.6 Å². The van der Waals surface area contributed by atoms with Gasteiger partial charge in [0.25, 0.3) is 5.91 Å². The number of phenolic OH excluding ortho intramolecular Hbond substituents is 1. The molecule has 0 atom stereocenters. The van der Waals surface area contributed by atoms with Crippen LogP contribution in [0.2, 0.25) is 0 Å².